The van der Waals surface area contributed by atoms with Crippen LogP contribution in [0.25, 0.3) is 0 Å². The van der Waals surface area contributed by atoms with Crippen molar-refractivity contribution in [2.75, 3.05) is 0 Å². The maximum absolute atomic E-state index is 14.2. The molecule has 3 aromatic carbocycles. The number of aromatic nitrogens is 1. The van der Waals surface area contributed by atoms with E-state index >= 15 is 0 Å². The van der Waals surface area contributed by atoms with E-state index in [0.29, 0.717) is 16.9 Å². The number of nitriles is 1. The average Bonchev–Trinajstić information content (AvgIpc) is 2.83. The van der Waals surface area contributed by atoms with Crippen LogP contribution in [0.1, 0.15) is 34.4 Å². The van der Waals surface area contributed by atoms with E-state index in [2.05, 4.69) is 6.07 Å². The van der Waals surface area contributed by atoms with Gasteiger partial charge in [0.25, 0.3) is 5.56 Å². The van der Waals surface area contributed by atoms with Gasteiger partial charge in [-0.1, -0.05) is 42.0 Å². The van der Waals surface area contributed by atoms with Crippen molar-refractivity contribution in [1.29, 1.82) is 5.26 Å². The number of benzene rings is 3. The molecular weight excluding hydrogens is 422 g/mol. The minimum atomic E-state index is -0.805. The summed E-state index contributed by atoms with van der Waals surface area (Å²) >= 11 is 0. The molecule has 0 N–H and O–H groups in total. The van der Waals surface area contributed by atoms with Gasteiger partial charge >= 0.3 is 0 Å². The van der Waals surface area contributed by atoms with Gasteiger partial charge in [0, 0.05) is 12.3 Å². The van der Waals surface area contributed by atoms with Crippen molar-refractivity contribution < 1.29 is 13.5 Å². The number of pyridine rings is 1. The smallest absolute Gasteiger partial charge is 0.251 e. The quantitative estimate of drug-likeness (QED) is 0.384. The fourth-order valence-corrected chi connectivity index (χ4v) is 3.66. The van der Waals surface area contributed by atoms with Crippen molar-refractivity contribution in [2.24, 2.45) is 0 Å². The molecule has 2 atom stereocenters. The van der Waals surface area contributed by atoms with Gasteiger partial charge in [0.1, 0.15) is 29.5 Å². The van der Waals surface area contributed by atoms with E-state index in [1.54, 1.807) is 36.4 Å². The molecule has 33 heavy (non-hydrogen) atoms. The molecule has 0 saturated heterocycles. The molecule has 0 unspecified atom stereocenters. The zero-order valence-corrected chi connectivity index (χ0v) is 17.8. The number of halogens is 2. The maximum Gasteiger partial charge on any atom is 0.251 e. The van der Waals surface area contributed by atoms with Crippen LogP contribution < -0.4 is 10.3 Å². The molecule has 0 bridgehead atoms. The Kier molecular flexibility index (Phi) is 6.32. The number of rotatable bonds is 6. The second kappa shape index (κ2) is 9.49. The third-order valence-electron chi connectivity index (χ3n) is 5.35. The second-order valence-electron chi connectivity index (χ2n) is 7.67. The van der Waals surface area contributed by atoms with E-state index in [-0.39, 0.29) is 0 Å². The first-order valence-corrected chi connectivity index (χ1v) is 10.3. The summed E-state index contributed by atoms with van der Waals surface area (Å²) in [6.07, 6.45) is 0.339. The minimum absolute atomic E-state index is 0.405. The summed E-state index contributed by atoms with van der Waals surface area (Å²) in [4.78, 5) is 12.8. The Morgan fingerprint density at radius 1 is 0.818 bits per heavy atom. The monoisotopic (exact) mass is 442 g/mol. The van der Waals surface area contributed by atoms with Crippen LogP contribution in [0.4, 0.5) is 8.78 Å². The standard InChI is InChI=1S/C27H20F2N2O2/c1-18-2-6-20(7-3-18)26(31-17-23(29)12-15-25(31)32)27(21-8-10-22(28)11-9-21)33-24-13-4-19(16-30)5-14-24/h2-15,17,26-27H,1H3/t26-,27-/m1/s1. The highest BCUT2D eigenvalue weighted by Gasteiger charge is 2.30. The molecule has 4 aromatic rings. The van der Waals surface area contributed by atoms with Gasteiger partial charge in [0.15, 0.2) is 0 Å². The van der Waals surface area contributed by atoms with Gasteiger partial charge in [-0.15, -0.1) is 0 Å². The molecule has 0 spiro atoms. The Morgan fingerprint density at radius 3 is 2.06 bits per heavy atom. The lowest BCUT2D eigenvalue weighted by molar-refractivity contribution is 0.155. The van der Waals surface area contributed by atoms with Gasteiger partial charge in [-0.2, -0.15) is 5.26 Å². The molecule has 4 nitrogen and oxygen atoms in total. The molecule has 0 amide bonds. The number of hydrogen-bond donors (Lipinski definition) is 0. The molecule has 0 saturated carbocycles. The van der Waals surface area contributed by atoms with E-state index in [0.717, 1.165) is 23.4 Å². The highest BCUT2D eigenvalue weighted by Crippen LogP contribution is 2.36. The van der Waals surface area contributed by atoms with Crippen molar-refractivity contribution in [3.05, 3.63) is 135 Å². The molecule has 164 valence electrons. The van der Waals surface area contributed by atoms with Crippen LogP contribution in [0.5, 0.6) is 5.75 Å². The Hall–Kier alpha value is -4.24. The van der Waals surface area contributed by atoms with Crippen molar-refractivity contribution >= 4 is 0 Å². The Morgan fingerprint density at radius 2 is 1.42 bits per heavy atom. The summed E-state index contributed by atoms with van der Waals surface area (Å²) in [6, 6.07) is 23.4. The summed E-state index contributed by atoms with van der Waals surface area (Å²) in [5, 5.41) is 9.08. The zero-order valence-electron chi connectivity index (χ0n) is 17.8. The van der Waals surface area contributed by atoms with Gasteiger partial charge in [0.2, 0.25) is 0 Å². The number of hydrogen-bond acceptors (Lipinski definition) is 3. The second-order valence-corrected chi connectivity index (χ2v) is 7.67. The average molecular weight is 442 g/mol. The Labute approximate surface area is 189 Å². The highest BCUT2D eigenvalue weighted by atomic mass is 19.1. The fourth-order valence-electron chi connectivity index (χ4n) is 3.66. The first kappa shape index (κ1) is 22.0. The van der Waals surface area contributed by atoms with Crippen molar-refractivity contribution in [1.82, 2.24) is 4.57 Å². The summed E-state index contributed by atoms with van der Waals surface area (Å²) in [5.74, 6) is -0.529. The van der Waals surface area contributed by atoms with Gasteiger partial charge in [0.05, 0.1) is 11.6 Å². The van der Waals surface area contributed by atoms with Crippen LogP contribution in [-0.2, 0) is 0 Å². The van der Waals surface area contributed by atoms with Crippen LogP contribution in [0.2, 0.25) is 0 Å². The maximum atomic E-state index is 14.2. The van der Waals surface area contributed by atoms with Crippen molar-refractivity contribution in [2.45, 2.75) is 19.1 Å². The largest absolute Gasteiger partial charge is 0.483 e. The number of nitrogens with zero attached hydrogens (tertiary/aromatic N) is 2. The van der Waals surface area contributed by atoms with Crippen LogP contribution in [0, 0.1) is 29.9 Å². The van der Waals surface area contributed by atoms with E-state index in [1.165, 1.54) is 22.8 Å². The molecule has 0 aliphatic rings. The van der Waals surface area contributed by atoms with Crippen LogP contribution >= 0.6 is 0 Å². The van der Waals surface area contributed by atoms with Crippen molar-refractivity contribution in [3.8, 4) is 11.8 Å². The topological polar surface area (TPSA) is 55.0 Å². The number of aryl methyl sites for hydroxylation is 1. The minimum Gasteiger partial charge on any atom is -0.483 e. The van der Waals surface area contributed by atoms with Gasteiger partial charge in [-0.25, -0.2) is 8.78 Å². The molecule has 1 aromatic heterocycles. The lowest BCUT2D eigenvalue weighted by Crippen LogP contribution is -2.31. The van der Waals surface area contributed by atoms with Gasteiger partial charge in [-0.3, -0.25) is 4.79 Å². The first-order chi connectivity index (χ1) is 15.9. The molecule has 6 heteroatoms. The summed E-state index contributed by atoms with van der Waals surface area (Å²) in [7, 11) is 0. The highest BCUT2D eigenvalue weighted by molar-refractivity contribution is 5.36. The molecule has 0 aliphatic heterocycles. The van der Waals surface area contributed by atoms with Crippen LogP contribution in [0.3, 0.4) is 0 Å². The number of ether oxygens (including phenoxy) is 1. The lowest BCUT2D eigenvalue weighted by atomic mass is 9.94. The van der Waals surface area contributed by atoms with E-state index < -0.39 is 29.3 Å². The van der Waals surface area contributed by atoms with Gasteiger partial charge in [-0.05, 0) is 60.5 Å². The lowest BCUT2D eigenvalue weighted by Gasteiger charge is -2.30. The molecule has 0 fully saturated rings. The normalized spacial score (nSPS) is 12.5. The summed E-state index contributed by atoms with van der Waals surface area (Å²) < 4.78 is 35.5. The van der Waals surface area contributed by atoms with Gasteiger partial charge < -0.3 is 9.30 Å². The summed E-state index contributed by atoms with van der Waals surface area (Å²) in [5.41, 5.74) is 2.41. The third kappa shape index (κ3) is 4.99. The predicted octanol–water partition coefficient (Wildman–Crippen LogP) is 5.72. The molecular formula is C27H20F2N2O2. The predicted molar refractivity (Wildman–Crippen MR) is 121 cm³/mol. The summed E-state index contributed by atoms with van der Waals surface area (Å²) in [6.45, 7) is 1.94. The van der Waals surface area contributed by atoms with Crippen LogP contribution in [-0.4, -0.2) is 4.57 Å². The molecule has 0 aliphatic carbocycles. The fraction of sp³-hybridized carbons (Fsp3) is 0.111. The molecule has 1 heterocycles. The SMILES string of the molecule is Cc1ccc([C@H]([C@H](Oc2ccc(C#N)cc2)c2ccc(F)cc2)n2cc(F)ccc2=O)cc1. The van der Waals surface area contributed by atoms with Crippen LogP contribution in [0.15, 0.2) is 95.9 Å². The van der Waals surface area contributed by atoms with E-state index in [9.17, 15) is 13.6 Å². The Balaban J connectivity index is 1.90. The third-order valence-corrected chi connectivity index (χ3v) is 5.35. The van der Waals surface area contributed by atoms with E-state index in [4.69, 9.17) is 10.00 Å². The molecule has 4 rings (SSSR count). The molecule has 0 radical (unpaired) electrons. The first-order valence-electron chi connectivity index (χ1n) is 10.3. The Bertz CT molecular complexity index is 1340. The van der Waals surface area contributed by atoms with Crippen molar-refractivity contribution in [3.63, 3.8) is 0 Å². The van der Waals surface area contributed by atoms with E-state index in [1.807, 2.05) is 31.2 Å². The zero-order chi connectivity index (χ0) is 23.4.